The van der Waals surface area contributed by atoms with Crippen LogP contribution in [0.2, 0.25) is 0 Å². The first kappa shape index (κ1) is 63.7. The Kier molecular flexibility index (Phi) is 15.5. The lowest BCUT2D eigenvalue weighted by atomic mass is 9.95. The van der Waals surface area contributed by atoms with E-state index in [1.54, 1.807) is 0 Å². The van der Waals surface area contributed by atoms with Gasteiger partial charge in [-0.3, -0.25) is 0 Å². The van der Waals surface area contributed by atoms with Gasteiger partial charge in [0.1, 0.15) is 0 Å². The molecule has 0 spiro atoms. The summed E-state index contributed by atoms with van der Waals surface area (Å²) in [5.41, 5.74) is 21.6. The van der Waals surface area contributed by atoms with E-state index in [1.807, 2.05) is 48.5 Å². The lowest BCUT2D eigenvalue weighted by Crippen LogP contribution is -1.97. The van der Waals surface area contributed by atoms with Crippen LogP contribution in [0.4, 0.5) is 0 Å². The summed E-state index contributed by atoms with van der Waals surface area (Å²) in [5, 5.41) is 20.2. The molecule has 0 aliphatic carbocycles. The van der Waals surface area contributed by atoms with E-state index < -0.39 is 0 Å². The standard InChI is InChI=1S/2C52H33N3/c1-3-12-36(13-4-1)47-33-48(54-52(53-47)38-14-5-2-6-15-38)37-23-27-42(28-24-37)55-49-18-10-9-17-45(49)51-46-32-40(21-19-35(46)26-30-50(51)55)39-25-29-44-41(31-39)22-20-34-11-7-8-16-43(34)44;1-3-12-37(13-4-1)47-33-48(54-52(53-47)39-14-5-2-6-15-39)38-25-28-42(29-26-38)55-49-18-10-9-17-44(49)51-46-32-41(24-22-36(46)27-30-50(51)55)40-23-21-35-20-19-34-11-7-8-16-43(34)45(35)31-40/h2*1-33H. The molecule has 512 valence electrons. The zero-order valence-corrected chi connectivity index (χ0v) is 59.8. The molecule has 0 unspecified atom stereocenters. The second-order valence-electron chi connectivity index (χ2n) is 28.4. The second-order valence-corrected chi connectivity index (χ2v) is 28.4. The number of aromatic nitrogens is 6. The Labute approximate surface area is 635 Å². The van der Waals surface area contributed by atoms with E-state index in [0.29, 0.717) is 11.6 Å². The maximum Gasteiger partial charge on any atom is 0.160 e. The molecule has 6 nitrogen and oxygen atoms in total. The second kappa shape index (κ2) is 26.7. The third-order valence-electron chi connectivity index (χ3n) is 22.0. The van der Waals surface area contributed by atoms with Gasteiger partial charge in [-0.1, -0.05) is 315 Å². The molecule has 0 bridgehead atoms. The molecule has 0 fully saturated rings. The fraction of sp³-hybridized carbons (Fsp3) is 0. The van der Waals surface area contributed by atoms with E-state index in [-0.39, 0.29) is 0 Å². The van der Waals surface area contributed by atoms with Gasteiger partial charge in [0.05, 0.1) is 44.8 Å². The molecule has 22 rings (SSSR count). The van der Waals surface area contributed by atoms with E-state index >= 15 is 0 Å². The highest BCUT2D eigenvalue weighted by atomic mass is 15.0. The first-order valence-corrected chi connectivity index (χ1v) is 37.5. The lowest BCUT2D eigenvalue weighted by Gasteiger charge is -2.12. The Balaban J connectivity index is 0.000000140. The highest BCUT2D eigenvalue weighted by molar-refractivity contribution is 6.24. The normalized spacial score (nSPS) is 11.6. The minimum absolute atomic E-state index is 0.715. The molecule has 18 aromatic carbocycles. The van der Waals surface area contributed by atoms with Crippen LogP contribution in [0.25, 0.3) is 210 Å². The van der Waals surface area contributed by atoms with Gasteiger partial charge in [0.2, 0.25) is 0 Å². The Morgan fingerprint density at radius 1 is 0.155 bits per heavy atom. The zero-order chi connectivity index (χ0) is 72.6. The van der Waals surface area contributed by atoms with Crippen molar-refractivity contribution >= 4 is 108 Å². The van der Waals surface area contributed by atoms with Crippen LogP contribution in [0.15, 0.2) is 400 Å². The largest absolute Gasteiger partial charge is 0.309 e. The minimum atomic E-state index is 0.715. The predicted molar refractivity (Wildman–Crippen MR) is 461 cm³/mol. The third-order valence-corrected chi connectivity index (χ3v) is 22.0. The molecule has 22 aromatic rings. The number of hydrogen-bond acceptors (Lipinski definition) is 4. The minimum Gasteiger partial charge on any atom is -0.309 e. The summed E-state index contributed by atoms with van der Waals surface area (Å²) >= 11 is 0. The van der Waals surface area contributed by atoms with Crippen LogP contribution in [0.5, 0.6) is 0 Å². The predicted octanol–water partition coefficient (Wildman–Crippen LogP) is 27.4. The molecule has 0 saturated carbocycles. The van der Waals surface area contributed by atoms with Crippen molar-refractivity contribution in [1.29, 1.82) is 0 Å². The fourth-order valence-corrected chi connectivity index (χ4v) is 16.6. The monoisotopic (exact) mass is 1400 g/mol. The molecular weight excluding hydrogens is 1330 g/mol. The summed E-state index contributed by atoms with van der Waals surface area (Å²) in [4.78, 5) is 20.1. The molecule has 0 atom stereocenters. The van der Waals surface area contributed by atoms with Gasteiger partial charge < -0.3 is 9.13 Å². The highest BCUT2D eigenvalue weighted by Gasteiger charge is 2.21. The van der Waals surface area contributed by atoms with Gasteiger partial charge in [-0.05, 0) is 172 Å². The van der Waals surface area contributed by atoms with Crippen LogP contribution in [0.1, 0.15) is 0 Å². The van der Waals surface area contributed by atoms with Gasteiger partial charge in [-0.2, -0.15) is 0 Å². The zero-order valence-electron chi connectivity index (χ0n) is 59.8. The Morgan fingerprint density at radius 3 is 0.873 bits per heavy atom. The van der Waals surface area contributed by atoms with Crippen molar-refractivity contribution in [3.05, 3.63) is 400 Å². The average Bonchev–Trinajstić information content (AvgIpc) is 1.58. The van der Waals surface area contributed by atoms with E-state index in [4.69, 9.17) is 19.9 Å². The van der Waals surface area contributed by atoms with Crippen LogP contribution in [-0.2, 0) is 0 Å². The SMILES string of the molecule is c1ccc(-c2cc(-c3ccc(-n4c5ccccc5c5c6cc(-c7ccc8c(ccc9ccccc98)c7)ccc6ccc54)cc3)nc(-c3ccccc3)n2)cc1.c1ccc(-c2cc(-c3ccc(-n4c5ccccc5c5c6cc(-c7ccc8ccc9ccccc9c8c7)ccc6ccc54)cc3)nc(-c3ccccc3)n2)cc1. The van der Waals surface area contributed by atoms with E-state index in [9.17, 15) is 0 Å². The molecule has 4 aromatic heterocycles. The summed E-state index contributed by atoms with van der Waals surface area (Å²) in [7, 11) is 0. The molecule has 0 amide bonds. The van der Waals surface area contributed by atoms with Crippen molar-refractivity contribution in [1.82, 2.24) is 29.1 Å². The quantitative estimate of drug-likeness (QED) is 0.128. The third kappa shape index (κ3) is 11.3. The van der Waals surface area contributed by atoms with Crippen LogP contribution < -0.4 is 0 Å². The smallest absolute Gasteiger partial charge is 0.160 e. The van der Waals surface area contributed by atoms with Crippen LogP contribution in [-0.4, -0.2) is 29.1 Å². The first-order chi connectivity index (χ1) is 54.5. The molecule has 0 saturated heterocycles. The molecule has 0 N–H and O–H groups in total. The Morgan fingerprint density at radius 2 is 0.436 bits per heavy atom. The molecule has 0 aliphatic heterocycles. The molecule has 110 heavy (non-hydrogen) atoms. The Hall–Kier alpha value is -14.7. The van der Waals surface area contributed by atoms with Gasteiger partial charge in [0.25, 0.3) is 0 Å². The maximum absolute atomic E-state index is 5.07. The topological polar surface area (TPSA) is 61.4 Å². The van der Waals surface area contributed by atoms with Crippen molar-refractivity contribution in [3.8, 4) is 101 Å². The number of hydrogen-bond donors (Lipinski definition) is 0. The van der Waals surface area contributed by atoms with Gasteiger partial charge in [-0.15, -0.1) is 0 Å². The van der Waals surface area contributed by atoms with E-state index in [2.05, 4.69) is 361 Å². The van der Waals surface area contributed by atoms with Crippen LogP contribution in [0.3, 0.4) is 0 Å². The molecule has 6 heteroatoms. The van der Waals surface area contributed by atoms with Crippen molar-refractivity contribution in [2.75, 3.05) is 0 Å². The molecule has 0 aliphatic rings. The maximum atomic E-state index is 5.07. The lowest BCUT2D eigenvalue weighted by molar-refractivity contribution is 1.17. The van der Waals surface area contributed by atoms with Gasteiger partial charge >= 0.3 is 0 Å². The number of nitrogens with zero attached hydrogens (tertiary/aromatic N) is 6. The van der Waals surface area contributed by atoms with Crippen molar-refractivity contribution in [2.24, 2.45) is 0 Å². The molecule has 4 heterocycles. The summed E-state index contributed by atoms with van der Waals surface area (Å²) in [5.74, 6) is 1.43. The fourth-order valence-electron chi connectivity index (χ4n) is 16.6. The molecular formula is C104H66N6. The highest BCUT2D eigenvalue weighted by Crippen LogP contribution is 2.43. The van der Waals surface area contributed by atoms with Gasteiger partial charge in [-0.25, -0.2) is 19.9 Å². The number of fused-ring (bicyclic) bond motifs is 16. The van der Waals surface area contributed by atoms with Crippen LogP contribution >= 0.6 is 0 Å². The van der Waals surface area contributed by atoms with E-state index in [1.165, 1.54) is 131 Å². The van der Waals surface area contributed by atoms with Gasteiger partial charge in [0, 0.05) is 66.3 Å². The van der Waals surface area contributed by atoms with Crippen molar-refractivity contribution in [3.63, 3.8) is 0 Å². The first-order valence-electron chi connectivity index (χ1n) is 37.5. The molecule has 0 radical (unpaired) electrons. The number of benzene rings is 18. The summed E-state index contributed by atoms with van der Waals surface area (Å²) < 4.78 is 4.79. The van der Waals surface area contributed by atoms with Crippen LogP contribution in [0, 0.1) is 0 Å². The average molecular weight is 1400 g/mol. The summed E-state index contributed by atoms with van der Waals surface area (Å²) in [6.07, 6.45) is 0. The van der Waals surface area contributed by atoms with Crippen molar-refractivity contribution in [2.45, 2.75) is 0 Å². The summed E-state index contributed by atoms with van der Waals surface area (Å²) in [6.45, 7) is 0. The van der Waals surface area contributed by atoms with Crippen molar-refractivity contribution < 1.29 is 0 Å². The van der Waals surface area contributed by atoms with Gasteiger partial charge in [0.15, 0.2) is 11.6 Å². The Bertz CT molecular complexity index is 7240. The number of rotatable bonds is 10. The number of para-hydroxylation sites is 2. The van der Waals surface area contributed by atoms with E-state index in [0.717, 1.165) is 67.5 Å². The summed E-state index contributed by atoms with van der Waals surface area (Å²) in [6, 6.07) is 143.